The smallest absolute Gasteiger partial charge is 0.248 e. The number of nitrogens with one attached hydrogen (secondary N) is 1. The van der Waals surface area contributed by atoms with E-state index in [1.54, 1.807) is 0 Å². The predicted molar refractivity (Wildman–Crippen MR) is 75.0 cm³/mol. The Morgan fingerprint density at radius 1 is 1.37 bits per heavy atom. The van der Waals surface area contributed by atoms with Crippen LogP contribution in [0.1, 0.15) is 24.1 Å². The Hall–Kier alpha value is -1.39. The first-order chi connectivity index (χ1) is 9.20. The van der Waals surface area contributed by atoms with Crippen molar-refractivity contribution in [1.82, 2.24) is 10.2 Å². The van der Waals surface area contributed by atoms with Gasteiger partial charge >= 0.3 is 0 Å². The molecule has 0 aromatic heterocycles. The van der Waals surface area contributed by atoms with Gasteiger partial charge in [0.25, 0.3) is 0 Å². The minimum atomic E-state index is 0.0845. The molecule has 1 N–H and O–H groups in total. The van der Waals surface area contributed by atoms with Gasteiger partial charge in [0.05, 0.1) is 6.61 Å². The standard InChI is InChI=1S/C15H22N2O2/c1-3-16-14(13-6-4-12(2)5-7-13)10-17-8-9-19-11-15(17)18/h4-7,14,16H,3,8-11H2,1-2H3. The fraction of sp³-hybridized carbons (Fsp3) is 0.533. The molecular formula is C15H22N2O2. The Labute approximate surface area is 114 Å². The number of carbonyl (C=O) groups is 1. The molecule has 0 bridgehead atoms. The van der Waals surface area contributed by atoms with Crippen LogP contribution in [-0.4, -0.2) is 43.7 Å². The van der Waals surface area contributed by atoms with Gasteiger partial charge in [-0.15, -0.1) is 0 Å². The lowest BCUT2D eigenvalue weighted by atomic mass is 10.0. The first-order valence-electron chi connectivity index (χ1n) is 6.86. The molecular weight excluding hydrogens is 240 g/mol. The van der Waals surface area contributed by atoms with E-state index in [1.165, 1.54) is 11.1 Å². The molecule has 0 saturated carbocycles. The number of carbonyl (C=O) groups excluding carboxylic acids is 1. The third kappa shape index (κ3) is 3.78. The highest BCUT2D eigenvalue weighted by Gasteiger charge is 2.22. The second-order valence-electron chi connectivity index (χ2n) is 4.91. The molecule has 1 unspecified atom stereocenters. The van der Waals surface area contributed by atoms with E-state index in [9.17, 15) is 4.79 Å². The maximum atomic E-state index is 11.8. The van der Waals surface area contributed by atoms with Gasteiger partial charge in [0.1, 0.15) is 6.61 Å². The number of ether oxygens (including phenoxy) is 1. The average molecular weight is 262 g/mol. The van der Waals surface area contributed by atoms with Crippen molar-refractivity contribution in [2.24, 2.45) is 0 Å². The van der Waals surface area contributed by atoms with Gasteiger partial charge in [0.2, 0.25) is 5.91 Å². The lowest BCUT2D eigenvalue weighted by Crippen LogP contribution is -2.45. The van der Waals surface area contributed by atoms with Gasteiger partial charge < -0.3 is 15.0 Å². The van der Waals surface area contributed by atoms with Crippen molar-refractivity contribution in [3.05, 3.63) is 35.4 Å². The molecule has 19 heavy (non-hydrogen) atoms. The van der Waals surface area contributed by atoms with Crippen LogP contribution in [0, 0.1) is 6.92 Å². The lowest BCUT2D eigenvalue weighted by molar-refractivity contribution is -0.143. The first kappa shape index (κ1) is 14.0. The molecule has 1 heterocycles. The summed E-state index contributed by atoms with van der Waals surface area (Å²) in [7, 11) is 0. The normalized spacial score (nSPS) is 17.6. The largest absolute Gasteiger partial charge is 0.370 e. The number of hydrogen-bond acceptors (Lipinski definition) is 3. The number of morpholine rings is 1. The van der Waals surface area contributed by atoms with Crippen LogP contribution in [0.2, 0.25) is 0 Å². The second kappa shape index (κ2) is 6.68. The molecule has 0 aliphatic carbocycles. The molecule has 1 amide bonds. The van der Waals surface area contributed by atoms with Crippen LogP contribution in [0.25, 0.3) is 0 Å². The van der Waals surface area contributed by atoms with Gasteiger partial charge in [-0.2, -0.15) is 0 Å². The molecule has 2 rings (SSSR count). The minimum absolute atomic E-state index is 0.0845. The molecule has 1 atom stereocenters. The lowest BCUT2D eigenvalue weighted by Gasteiger charge is -2.31. The Morgan fingerprint density at radius 3 is 2.74 bits per heavy atom. The third-order valence-corrected chi connectivity index (χ3v) is 3.42. The van der Waals surface area contributed by atoms with Crippen molar-refractivity contribution < 1.29 is 9.53 Å². The zero-order chi connectivity index (χ0) is 13.7. The molecule has 0 radical (unpaired) electrons. The van der Waals surface area contributed by atoms with Crippen LogP contribution in [0.3, 0.4) is 0 Å². The summed E-state index contributed by atoms with van der Waals surface area (Å²) in [6, 6.07) is 8.68. The topological polar surface area (TPSA) is 41.6 Å². The molecule has 4 heteroatoms. The molecule has 0 spiro atoms. The first-order valence-corrected chi connectivity index (χ1v) is 6.86. The number of hydrogen-bond donors (Lipinski definition) is 1. The quantitative estimate of drug-likeness (QED) is 0.874. The highest BCUT2D eigenvalue weighted by Crippen LogP contribution is 2.16. The minimum Gasteiger partial charge on any atom is -0.370 e. The highest BCUT2D eigenvalue weighted by molar-refractivity contribution is 5.78. The van der Waals surface area contributed by atoms with Crippen LogP contribution < -0.4 is 5.32 Å². The van der Waals surface area contributed by atoms with Gasteiger partial charge in [-0.25, -0.2) is 0 Å². The van der Waals surface area contributed by atoms with Crippen molar-refractivity contribution in [3.8, 4) is 0 Å². The monoisotopic (exact) mass is 262 g/mol. The van der Waals surface area contributed by atoms with E-state index >= 15 is 0 Å². The van der Waals surface area contributed by atoms with E-state index < -0.39 is 0 Å². The second-order valence-corrected chi connectivity index (χ2v) is 4.91. The summed E-state index contributed by atoms with van der Waals surface area (Å²) in [5.41, 5.74) is 2.48. The van der Waals surface area contributed by atoms with Crippen LogP contribution in [0.15, 0.2) is 24.3 Å². The third-order valence-electron chi connectivity index (χ3n) is 3.42. The molecule has 1 aliphatic heterocycles. The zero-order valence-electron chi connectivity index (χ0n) is 11.7. The van der Waals surface area contributed by atoms with Gasteiger partial charge in [-0.1, -0.05) is 36.8 Å². The van der Waals surface area contributed by atoms with Gasteiger partial charge in [-0.05, 0) is 19.0 Å². The maximum absolute atomic E-state index is 11.8. The summed E-state index contributed by atoms with van der Waals surface area (Å²) in [5.74, 6) is 0.0845. The molecule has 1 saturated heterocycles. The van der Waals surface area contributed by atoms with Crippen molar-refractivity contribution in [1.29, 1.82) is 0 Å². The van der Waals surface area contributed by atoms with Gasteiger partial charge in [0, 0.05) is 19.1 Å². The van der Waals surface area contributed by atoms with Crippen molar-refractivity contribution >= 4 is 5.91 Å². The van der Waals surface area contributed by atoms with E-state index in [-0.39, 0.29) is 18.6 Å². The predicted octanol–water partition coefficient (Wildman–Crippen LogP) is 1.50. The van der Waals surface area contributed by atoms with Crippen molar-refractivity contribution in [2.45, 2.75) is 19.9 Å². The number of benzene rings is 1. The number of likely N-dealkylation sites (N-methyl/N-ethyl adjacent to an activating group) is 1. The van der Waals surface area contributed by atoms with Gasteiger partial charge in [-0.3, -0.25) is 4.79 Å². The number of amides is 1. The van der Waals surface area contributed by atoms with Crippen LogP contribution in [0.5, 0.6) is 0 Å². The Bertz CT molecular complexity index is 417. The Kier molecular flexibility index (Phi) is 4.93. The molecule has 1 aliphatic rings. The SMILES string of the molecule is CCNC(CN1CCOCC1=O)c1ccc(C)cc1. The van der Waals surface area contributed by atoms with Crippen LogP contribution >= 0.6 is 0 Å². The summed E-state index contributed by atoms with van der Waals surface area (Å²) in [6.45, 7) is 7.30. The Balaban J connectivity index is 2.06. The van der Waals surface area contributed by atoms with Crippen LogP contribution in [0.4, 0.5) is 0 Å². The summed E-state index contributed by atoms with van der Waals surface area (Å²) < 4.78 is 5.16. The highest BCUT2D eigenvalue weighted by atomic mass is 16.5. The molecule has 4 nitrogen and oxygen atoms in total. The van der Waals surface area contributed by atoms with Gasteiger partial charge in [0.15, 0.2) is 0 Å². The summed E-state index contributed by atoms with van der Waals surface area (Å²) in [5, 5.41) is 3.45. The summed E-state index contributed by atoms with van der Waals surface area (Å²) in [4.78, 5) is 13.7. The molecule has 1 aromatic carbocycles. The zero-order valence-corrected chi connectivity index (χ0v) is 11.7. The van der Waals surface area contributed by atoms with E-state index in [1.807, 2.05) is 4.90 Å². The fourth-order valence-corrected chi connectivity index (χ4v) is 2.30. The number of nitrogens with zero attached hydrogens (tertiary/aromatic N) is 1. The van der Waals surface area contributed by atoms with E-state index in [0.29, 0.717) is 19.7 Å². The number of rotatable bonds is 5. The Morgan fingerprint density at radius 2 is 2.11 bits per heavy atom. The number of aryl methyl sites for hydroxylation is 1. The van der Waals surface area contributed by atoms with Crippen LogP contribution in [-0.2, 0) is 9.53 Å². The summed E-state index contributed by atoms with van der Waals surface area (Å²) >= 11 is 0. The van der Waals surface area contributed by atoms with E-state index in [0.717, 1.165) is 6.54 Å². The summed E-state index contributed by atoms with van der Waals surface area (Å²) in [6.07, 6.45) is 0. The van der Waals surface area contributed by atoms with E-state index in [2.05, 4.69) is 43.4 Å². The average Bonchev–Trinajstić information content (AvgIpc) is 2.42. The molecule has 1 aromatic rings. The van der Waals surface area contributed by atoms with Crippen molar-refractivity contribution in [3.63, 3.8) is 0 Å². The van der Waals surface area contributed by atoms with E-state index in [4.69, 9.17) is 4.74 Å². The maximum Gasteiger partial charge on any atom is 0.248 e. The molecule has 1 fully saturated rings. The molecule has 104 valence electrons. The van der Waals surface area contributed by atoms with Crippen molar-refractivity contribution in [2.75, 3.05) is 32.8 Å². The fourth-order valence-electron chi connectivity index (χ4n) is 2.30.